The first-order valence-electron chi connectivity index (χ1n) is 9.95. The summed E-state index contributed by atoms with van der Waals surface area (Å²) in [5.74, 6) is 1.26. The molecule has 1 aromatic carbocycles. The number of guanidine groups is 1. The normalized spacial score (nSPS) is 19.5. The van der Waals surface area contributed by atoms with Gasteiger partial charge in [0.2, 0.25) is 0 Å². The summed E-state index contributed by atoms with van der Waals surface area (Å²) >= 11 is 0. The molecule has 1 fully saturated rings. The zero-order valence-electron chi connectivity index (χ0n) is 17.4. The fourth-order valence-corrected chi connectivity index (χ4v) is 3.42. The number of nitrogens with one attached hydrogen (secondary N) is 2. The van der Waals surface area contributed by atoms with Crippen LogP contribution in [0.3, 0.4) is 0 Å². The van der Waals surface area contributed by atoms with Gasteiger partial charge in [0.25, 0.3) is 0 Å². The fraction of sp³-hybridized carbons (Fsp3) is 0.667. The zero-order valence-corrected chi connectivity index (χ0v) is 19.7. The van der Waals surface area contributed by atoms with Crippen molar-refractivity contribution in [1.82, 2.24) is 15.5 Å². The summed E-state index contributed by atoms with van der Waals surface area (Å²) in [4.78, 5) is 7.35. The second-order valence-electron chi connectivity index (χ2n) is 7.69. The Kier molecular flexibility index (Phi) is 10.6. The van der Waals surface area contributed by atoms with Gasteiger partial charge in [-0.2, -0.15) is 0 Å². The Bertz CT molecular complexity index is 606. The molecule has 2 N–H and O–H groups in total. The van der Waals surface area contributed by atoms with E-state index in [0.717, 1.165) is 31.2 Å². The molecule has 27 heavy (non-hydrogen) atoms. The maximum Gasteiger partial charge on any atom is 0.191 e. The maximum absolute atomic E-state index is 13.8. The van der Waals surface area contributed by atoms with E-state index in [1.54, 1.807) is 13.0 Å². The van der Waals surface area contributed by atoms with Gasteiger partial charge >= 0.3 is 0 Å². The van der Waals surface area contributed by atoms with Gasteiger partial charge in [-0.1, -0.05) is 12.1 Å². The molecule has 2 atom stereocenters. The number of aryl methyl sites for hydroxylation is 1. The third-order valence-electron chi connectivity index (χ3n) is 5.18. The maximum atomic E-state index is 13.8. The van der Waals surface area contributed by atoms with Gasteiger partial charge in [0, 0.05) is 25.7 Å². The van der Waals surface area contributed by atoms with Crippen LogP contribution in [0.25, 0.3) is 0 Å². The summed E-state index contributed by atoms with van der Waals surface area (Å²) in [6.07, 6.45) is 2.49. The van der Waals surface area contributed by atoms with Crippen LogP contribution in [0, 0.1) is 18.7 Å². The Morgan fingerprint density at radius 3 is 2.70 bits per heavy atom. The zero-order chi connectivity index (χ0) is 19.1. The molecule has 0 bridgehead atoms. The van der Waals surface area contributed by atoms with Gasteiger partial charge in [-0.05, 0) is 77.1 Å². The molecule has 0 aliphatic carbocycles. The van der Waals surface area contributed by atoms with Gasteiger partial charge in [-0.3, -0.25) is 4.99 Å². The number of aliphatic imine (C=N–C) groups is 1. The molecule has 154 valence electrons. The fourth-order valence-electron chi connectivity index (χ4n) is 3.42. The number of hydrogen-bond donors (Lipinski definition) is 2. The summed E-state index contributed by atoms with van der Waals surface area (Å²) in [7, 11) is 0. The average molecular weight is 490 g/mol. The number of likely N-dealkylation sites (tertiary alicyclic amines) is 1. The largest absolute Gasteiger partial charge is 0.357 e. The van der Waals surface area contributed by atoms with E-state index in [9.17, 15) is 4.39 Å². The lowest BCUT2D eigenvalue weighted by Crippen LogP contribution is -2.42. The van der Waals surface area contributed by atoms with Crippen molar-refractivity contribution in [2.75, 3.05) is 26.2 Å². The van der Waals surface area contributed by atoms with Gasteiger partial charge in [-0.15, -0.1) is 24.0 Å². The minimum atomic E-state index is -0.158. The topological polar surface area (TPSA) is 39.7 Å². The van der Waals surface area contributed by atoms with Gasteiger partial charge in [0.15, 0.2) is 5.96 Å². The molecule has 1 aromatic rings. The molecule has 4 nitrogen and oxygen atoms in total. The second-order valence-corrected chi connectivity index (χ2v) is 7.69. The van der Waals surface area contributed by atoms with Crippen LogP contribution in [-0.4, -0.2) is 43.1 Å². The van der Waals surface area contributed by atoms with Crippen molar-refractivity contribution in [2.45, 2.75) is 59.5 Å². The summed E-state index contributed by atoms with van der Waals surface area (Å²) in [6.45, 7) is 14.4. The highest BCUT2D eigenvalue weighted by Gasteiger charge is 2.21. The summed E-state index contributed by atoms with van der Waals surface area (Å²) in [5.41, 5.74) is 1.61. The molecule has 1 heterocycles. The Hall–Kier alpha value is -0.890. The van der Waals surface area contributed by atoms with Gasteiger partial charge in [0.05, 0.1) is 6.04 Å². The summed E-state index contributed by atoms with van der Waals surface area (Å²) in [6, 6.07) is 6.01. The van der Waals surface area contributed by atoms with Crippen molar-refractivity contribution in [2.24, 2.45) is 10.9 Å². The van der Waals surface area contributed by atoms with Crippen molar-refractivity contribution in [3.63, 3.8) is 0 Å². The van der Waals surface area contributed by atoms with Crippen LogP contribution < -0.4 is 10.6 Å². The Morgan fingerprint density at radius 2 is 2.07 bits per heavy atom. The number of halogens is 2. The van der Waals surface area contributed by atoms with Crippen LogP contribution in [0.4, 0.5) is 4.39 Å². The number of hydrogen-bond acceptors (Lipinski definition) is 2. The Balaban J connectivity index is 0.00000364. The third-order valence-corrected chi connectivity index (χ3v) is 5.18. The van der Waals surface area contributed by atoms with Crippen LogP contribution in [0.2, 0.25) is 0 Å². The molecule has 0 amide bonds. The van der Waals surface area contributed by atoms with Crippen LogP contribution in [0.1, 0.15) is 57.7 Å². The van der Waals surface area contributed by atoms with E-state index >= 15 is 0 Å². The number of nitrogens with zero attached hydrogens (tertiary/aromatic N) is 2. The molecule has 1 aliphatic heterocycles. The van der Waals surface area contributed by atoms with Gasteiger partial charge < -0.3 is 15.5 Å². The first kappa shape index (κ1) is 24.1. The van der Waals surface area contributed by atoms with Gasteiger partial charge in [0.1, 0.15) is 5.82 Å². The quantitative estimate of drug-likeness (QED) is 0.351. The molecule has 2 rings (SSSR count). The number of benzene rings is 1. The monoisotopic (exact) mass is 490 g/mol. The lowest BCUT2D eigenvalue weighted by Gasteiger charge is -2.35. The molecule has 1 aliphatic rings. The van der Waals surface area contributed by atoms with Crippen LogP contribution in [-0.2, 0) is 0 Å². The van der Waals surface area contributed by atoms with Crippen molar-refractivity contribution >= 4 is 29.9 Å². The molecule has 0 radical (unpaired) electrons. The second kappa shape index (κ2) is 11.8. The van der Waals surface area contributed by atoms with E-state index in [2.05, 4.69) is 36.3 Å². The Labute approximate surface area is 181 Å². The minimum Gasteiger partial charge on any atom is -0.357 e. The van der Waals surface area contributed by atoms with E-state index in [1.165, 1.54) is 19.4 Å². The van der Waals surface area contributed by atoms with Crippen molar-refractivity contribution < 1.29 is 4.39 Å². The van der Waals surface area contributed by atoms with Crippen LogP contribution in [0.5, 0.6) is 0 Å². The average Bonchev–Trinajstić information content (AvgIpc) is 2.62. The minimum absolute atomic E-state index is 0. The predicted octanol–water partition coefficient (Wildman–Crippen LogP) is 4.49. The molecular weight excluding hydrogens is 454 g/mol. The highest BCUT2D eigenvalue weighted by molar-refractivity contribution is 14.0. The molecular formula is C21H36FIN4. The first-order valence-corrected chi connectivity index (χ1v) is 9.95. The third kappa shape index (κ3) is 7.56. The summed E-state index contributed by atoms with van der Waals surface area (Å²) in [5, 5.41) is 6.73. The van der Waals surface area contributed by atoms with E-state index < -0.39 is 0 Å². The SMILES string of the molecule is CCNC(=NCC1CCCN(C(C)C)C1)NC(C)c1ccc(C)c(F)c1.I. The van der Waals surface area contributed by atoms with Crippen molar-refractivity contribution in [3.05, 3.63) is 35.1 Å². The van der Waals surface area contributed by atoms with Crippen molar-refractivity contribution in [1.29, 1.82) is 0 Å². The lowest BCUT2D eigenvalue weighted by atomic mass is 9.97. The smallest absolute Gasteiger partial charge is 0.191 e. The lowest BCUT2D eigenvalue weighted by molar-refractivity contribution is 0.143. The number of piperidine rings is 1. The first-order chi connectivity index (χ1) is 12.4. The van der Waals surface area contributed by atoms with Crippen LogP contribution in [0.15, 0.2) is 23.2 Å². The molecule has 0 spiro atoms. The molecule has 0 saturated carbocycles. The molecule has 6 heteroatoms. The number of rotatable bonds is 6. The highest BCUT2D eigenvalue weighted by Crippen LogP contribution is 2.19. The standard InChI is InChI=1S/C21H35FN4.HI/c1-6-23-21(24-13-18-8-7-11-26(14-18)15(2)3)25-17(5)19-10-9-16(4)20(22)12-19;/h9-10,12,15,17-18H,6-8,11,13-14H2,1-5H3,(H2,23,24,25);1H. The predicted molar refractivity (Wildman–Crippen MR) is 124 cm³/mol. The van der Waals surface area contributed by atoms with E-state index in [1.807, 2.05) is 19.1 Å². The van der Waals surface area contributed by atoms with Crippen molar-refractivity contribution in [3.8, 4) is 0 Å². The van der Waals surface area contributed by atoms with Gasteiger partial charge in [-0.25, -0.2) is 4.39 Å². The highest BCUT2D eigenvalue weighted by atomic mass is 127. The summed E-state index contributed by atoms with van der Waals surface area (Å²) < 4.78 is 13.8. The molecule has 2 unspecified atom stereocenters. The molecule has 1 saturated heterocycles. The van der Waals surface area contributed by atoms with Crippen LogP contribution >= 0.6 is 24.0 Å². The van der Waals surface area contributed by atoms with E-state index in [-0.39, 0.29) is 35.8 Å². The van der Waals surface area contributed by atoms with E-state index in [0.29, 0.717) is 17.5 Å². The Morgan fingerprint density at radius 1 is 1.33 bits per heavy atom. The van der Waals surface area contributed by atoms with E-state index in [4.69, 9.17) is 4.99 Å². The molecule has 0 aromatic heterocycles.